The Morgan fingerprint density at radius 1 is 1.06 bits per heavy atom. The van der Waals surface area contributed by atoms with Gasteiger partial charge in [-0.15, -0.1) is 0 Å². The summed E-state index contributed by atoms with van der Waals surface area (Å²) in [6, 6.07) is 23.0. The van der Waals surface area contributed by atoms with E-state index in [9.17, 15) is 14.0 Å². The van der Waals surface area contributed by atoms with Crippen molar-refractivity contribution >= 4 is 23.6 Å². The molecule has 0 unspecified atom stereocenters. The van der Waals surface area contributed by atoms with E-state index in [-0.39, 0.29) is 18.2 Å². The van der Waals surface area contributed by atoms with Crippen molar-refractivity contribution in [3.05, 3.63) is 102 Å². The first-order chi connectivity index (χ1) is 16.5. The Morgan fingerprint density at radius 3 is 2.62 bits per heavy atom. The summed E-state index contributed by atoms with van der Waals surface area (Å²) in [5.74, 6) is -0.658. The van der Waals surface area contributed by atoms with Crippen molar-refractivity contribution in [1.82, 2.24) is 10.2 Å². The molecule has 6 nitrogen and oxygen atoms in total. The van der Waals surface area contributed by atoms with E-state index in [4.69, 9.17) is 4.74 Å². The maximum absolute atomic E-state index is 13.6. The number of hydrogen-bond donors (Lipinski definition) is 1. The lowest BCUT2D eigenvalue weighted by atomic mass is 10.1. The molecule has 174 valence electrons. The Hall–Kier alpha value is -3.97. The molecule has 0 aliphatic carbocycles. The fourth-order valence-corrected chi connectivity index (χ4v) is 3.73. The predicted octanol–water partition coefficient (Wildman–Crippen LogP) is 3.84. The second-order valence-electron chi connectivity index (χ2n) is 8.10. The summed E-state index contributed by atoms with van der Waals surface area (Å²) < 4.78 is 19.4. The Balaban J connectivity index is 1.40. The Bertz CT molecular complexity index is 1200. The normalized spacial score (nSPS) is 14.1. The van der Waals surface area contributed by atoms with Gasteiger partial charge in [0.15, 0.2) is 11.5 Å². The fourth-order valence-electron chi connectivity index (χ4n) is 3.73. The van der Waals surface area contributed by atoms with Crippen molar-refractivity contribution < 1.29 is 18.7 Å². The highest BCUT2D eigenvalue weighted by Gasteiger charge is 2.31. The minimum atomic E-state index is -0.459. The molecule has 2 amide bonds. The molecular formula is C27H26FN3O3. The van der Waals surface area contributed by atoms with E-state index in [0.717, 1.165) is 6.54 Å². The minimum absolute atomic E-state index is 0.0275. The average molecular weight is 460 g/mol. The van der Waals surface area contributed by atoms with Crippen molar-refractivity contribution in [2.75, 3.05) is 31.6 Å². The van der Waals surface area contributed by atoms with Crippen molar-refractivity contribution in [2.45, 2.75) is 6.54 Å². The van der Waals surface area contributed by atoms with Crippen LogP contribution in [0.3, 0.4) is 0 Å². The highest BCUT2D eigenvalue weighted by molar-refractivity contribution is 6.12. The van der Waals surface area contributed by atoms with Gasteiger partial charge in [0.05, 0.1) is 5.69 Å². The second-order valence-corrected chi connectivity index (χ2v) is 8.10. The third-order valence-corrected chi connectivity index (χ3v) is 5.39. The Kier molecular flexibility index (Phi) is 7.34. The number of carbonyl (C=O) groups is 2. The predicted molar refractivity (Wildman–Crippen MR) is 130 cm³/mol. The van der Waals surface area contributed by atoms with Crippen molar-refractivity contribution in [2.24, 2.45) is 0 Å². The number of nitrogens with one attached hydrogen (secondary N) is 1. The topological polar surface area (TPSA) is 61.9 Å². The summed E-state index contributed by atoms with van der Waals surface area (Å²) >= 11 is 0. The molecule has 3 aromatic rings. The van der Waals surface area contributed by atoms with Gasteiger partial charge in [-0.2, -0.15) is 0 Å². The molecule has 0 fully saturated rings. The second kappa shape index (κ2) is 10.8. The van der Waals surface area contributed by atoms with Gasteiger partial charge in [0.2, 0.25) is 5.91 Å². The van der Waals surface area contributed by atoms with Gasteiger partial charge in [-0.25, -0.2) is 4.39 Å². The number of halogens is 1. The molecule has 1 aliphatic heterocycles. The third kappa shape index (κ3) is 5.88. The lowest BCUT2D eigenvalue weighted by molar-refractivity contribution is -0.123. The molecule has 4 rings (SSSR count). The van der Waals surface area contributed by atoms with Crippen LogP contribution in [0.5, 0.6) is 5.75 Å². The van der Waals surface area contributed by atoms with Crippen LogP contribution in [0.25, 0.3) is 6.08 Å². The molecule has 7 heteroatoms. The summed E-state index contributed by atoms with van der Waals surface area (Å²) in [5.41, 5.74) is 2.21. The van der Waals surface area contributed by atoms with Gasteiger partial charge in [-0.3, -0.25) is 14.5 Å². The van der Waals surface area contributed by atoms with E-state index in [1.165, 1.54) is 28.7 Å². The zero-order valence-electron chi connectivity index (χ0n) is 18.9. The highest BCUT2D eigenvalue weighted by Crippen LogP contribution is 2.35. The smallest absolute Gasteiger partial charge is 0.294 e. The number of carbonyl (C=O) groups excluding carboxylic acids is 2. The zero-order chi connectivity index (χ0) is 23.9. The molecule has 0 radical (unpaired) electrons. The van der Waals surface area contributed by atoms with E-state index >= 15 is 0 Å². The number of nitrogens with zero attached hydrogens (tertiary/aromatic N) is 2. The van der Waals surface area contributed by atoms with Gasteiger partial charge in [-0.05, 0) is 48.5 Å². The van der Waals surface area contributed by atoms with Gasteiger partial charge < -0.3 is 15.0 Å². The number of likely N-dealkylation sites (N-methyl/N-ethyl adjacent to an activating group) is 1. The number of amides is 2. The number of hydrogen-bond acceptors (Lipinski definition) is 4. The number of anilines is 1. The van der Waals surface area contributed by atoms with Gasteiger partial charge in [0, 0.05) is 19.6 Å². The molecule has 1 aliphatic rings. The van der Waals surface area contributed by atoms with Crippen LogP contribution in [0.4, 0.5) is 10.1 Å². The van der Waals surface area contributed by atoms with Gasteiger partial charge in [0.25, 0.3) is 5.91 Å². The molecular weight excluding hydrogens is 433 g/mol. The number of rotatable bonds is 8. The van der Waals surface area contributed by atoms with E-state index < -0.39 is 11.7 Å². The van der Waals surface area contributed by atoms with E-state index in [1.54, 1.807) is 36.4 Å². The monoisotopic (exact) mass is 459 g/mol. The maximum atomic E-state index is 13.6. The molecule has 0 saturated carbocycles. The van der Waals surface area contributed by atoms with Gasteiger partial charge in [-0.1, -0.05) is 54.6 Å². The quantitative estimate of drug-likeness (QED) is 0.520. The molecule has 0 bridgehead atoms. The summed E-state index contributed by atoms with van der Waals surface area (Å²) in [7, 11) is 1.99. The first-order valence-corrected chi connectivity index (χ1v) is 11.0. The third-order valence-electron chi connectivity index (χ3n) is 5.39. The van der Waals surface area contributed by atoms with Crippen molar-refractivity contribution in [1.29, 1.82) is 0 Å². The van der Waals surface area contributed by atoms with Gasteiger partial charge >= 0.3 is 0 Å². The van der Waals surface area contributed by atoms with E-state index in [0.29, 0.717) is 30.1 Å². The zero-order valence-corrected chi connectivity index (χ0v) is 18.9. The lowest BCUT2D eigenvalue weighted by Gasteiger charge is -2.30. The maximum Gasteiger partial charge on any atom is 0.294 e. The highest BCUT2D eigenvalue weighted by atomic mass is 19.1. The molecule has 3 aromatic carbocycles. The summed E-state index contributed by atoms with van der Waals surface area (Å²) in [6.45, 7) is 1.75. The Morgan fingerprint density at radius 2 is 1.82 bits per heavy atom. The number of para-hydroxylation sites is 2. The minimum Gasteiger partial charge on any atom is -0.449 e. The average Bonchev–Trinajstić information content (AvgIpc) is 2.82. The summed E-state index contributed by atoms with van der Waals surface area (Å²) in [5, 5.41) is 2.89. The summed E-state index contributed by atoms with van der Waals surface area (Å²) in [4.78, 5) is 29.3. The molecule has 1 N–H and O–H groups in total. The van der Waals surface area contributed by atoms with Crippen molar-refractivity contribution in [3.63, 3.8) is 0 Å². The van der Waals surface area contributed by atoms with E-state index in [1.807, 2.05) is 25.2 Å². The molecule has 0 saturated heterocycles. The van der Waals surface area contributed by atoms with Crippen LogP contribution in [0.2, 0.25) is 0 Å². The Labute approximate surface area is 198 Å². The van der Waals surface area contributed by atoms with Crippen LogP contribution < -0.4 is 15.0 Å². The van der Waals surface area contributed by atoms with Gasteiger partial charge in [0.1, 0.15) is 12.4 Å². The van der Waals surface area contributed by atoms with Crippen LogP contribution in [-0.2, 0) is 16.1 Å². The molecule has 0 spiro atoms. The molecule has 1 heterocycles. The molecule has 0 aromatic heterocycles. The number of fused-ring (bicyclic) bond motifs is 1. The lowest BCUT2D eigenvalue weighted by Crippen LogP contribution is -2.45. The first kappa shape index (κ1) is 23.2. The molecule has 34 heavy (non-hydrogen) atoms. The van der Waals surface area contributed by atoms with E-state index in [2.05, 4.69) is 22.3 Å². The fraction of sp³-hybridized carbons (Fsp3) is 0.185. The van der Waals surface area contributed by atoms with Crippen LogP contribution in [0.1, 0.15) is 11.1 Å². The molecule has 0 atom stereocenters. The largest absolute Gasteiger partial charge is 0.449 e. The SMILES string of the molecule is CN(CCNC(=O)CN1C(=O)C(=Cc2cccc(F)c2)Oc2ccccc21)Cc1ccccc1. The van der Waals surface area contributed by atoms with Crippen LogP contribution >= 0.6 is 0 Å². The van der Waals surface area contributed by atoms with Crippen LogP contribution in [-0.4, -0.2) is 43.4 Å². The number of benzene rings is 3. The van der Waals surface area contributed by atoms with Crippen molar-refractivity contribution in [3.8, 4) is 5.75 Å². The first-order valence-electron chi connectivity index (χ1n) is 11.0. The standard InChI is InChI=1S/C27H26FN3O3/c1-30(18-20-8-3-2-4-9-20)15-14-29-26(32)19-31-23-12-5-6-13-24(23)34-25(27(31)33)17-21-10-7-11-22(28)16-21/h2-13,16-17H,14-15,18-19H2,1H3,(H,29,32). The summed E-state index contributed by atoms with van der Waals surface area (Å²) in [6.07, 6.45) is 1.48. The number of ether oxygens (including phenoxy) is 1. The van der Waals surface area contributed by atoms with Crippen LogP contribution in [0.15, 0.2) is 84.6 Å². The van der Waals surface area contributed by atoms with Crippen LogP contribution in [0, 0.1) is 5.82 Å².